The largest absolute Gasteiger partial charge is 0.505 e. The summed E-state index contributed by atoms with van der Waals surface area (Å²) in [7, 11) is 3.17. The fourth-order valence-electron chi connectivity index (χ4n) is 2.46. The maximum Gasteiger partial charge on any atom is 0.336 e. The van der Waals surface area contributed by atoms with Gasteiger partial charge in [-0.05, 0) is 17.7 Å². The molecule has 0 saturated carbocycles. The minimum Gasteiger partial charge on any atom is -0.505 e. The fraction of sp³-hybridized carbons (Fsp3) is 0.211. The third kappa shape index (κ3) is 4.69. The SMILES string of the molecule is COC(OC)c1ccc(COc2ncc(-c3cc(Cl)c(O)c(Cl)c3)nn2)cc1. The summed E-state index contributed by atoms with van der Waals surface area (Å²) in [6, 6.07) is 10.8. The van der Waals surface area contributed by atoms with E-state index >= 15 is 0 Å². The summed E-state index contributed by atoms with van der Waals surface area (Å²) in [6.07, 6.45) is 1.09. The molecule has 0 atom stereocenters. The van der Waals surface area contributed by atoms with Crippen molar-refractivity contribution in [2.45, 2.75) is 12.9 Å². The lowest BCUT2D eigenvalue weighted by Crippen LogP contribution is -2.04. The van der Waals surface area contributed by atoms with Crippen LogP contribution in [0.3, 0.4) is 0 Å². The van der Waals surface area contributed by atoms with Crippen molar-refractivity contribution in [3.8, 4) is 23.0 Å². The molecule has 146 valence electrons. The Balaban J connectivity index is 1.65. The molecular weight excluding hydrogens is 405 g/mol. The molecule has 1 N–H and O–H groups in total. The first kappa shape index (κ1) is 20.3. The monoisotopic (exact) mass is 421 g/mol. The summed E-state index contributed by atoms with van der Waals surface area (Å²) < 4.78 is 16.0. The highest BCUT2D eigenvalue weighted by molar-refractivity contribution is 6.37. The fourth-order valence-corrected chi connectivity index (χ4v) is 2.95. The predicted molar refractivity (Wildman–Crippen MR) is 104 cm³/mol. The second-order valence-corrected chi connectivity index (χ2v) is 6.56. The van der Waals surface area contributed by atoms with Gasteiger partial charge >= 0.3 is 6.01 Å². The van der Waals surface area contributed by atoms with Gasteiger partial charge in [-0.1, -0.05) is 52.6 Å². The molecule has 0 saturated heterocycles. The molecule has 0 spiro atoms. The molecule has 0 aliphatic carbocycles. The lowest BCUT2D eigenvalue weighted by Gasteiger charge is -2.13. The molecule has 0 fully saturated rings. The van der Waals surface area contributed by atoms with Crippen molar-refractivity contribution in [2.75, 3.05) is 14.2 Å². The first-order chi connectivity index (χ1) is 13.5. The van der Waals surface area contributed by atoms with Crippen LogP contribution in [0.5, 0.6) is 11.8 Å². The minimum absolute atomic E-state index is 0.122. The molecule has 0 bridgehead atoms. The van der Waals surface area contributed by atoms with Crippen molar-refractivity contribution in [2.24, 2.45) is 0 Å². The van der Waals surface area contributed by atoms with Gasteiger partial charge in [0.1, 0.15) is 12.3 Å². The second-order valence-electron chi connectivity index (χ2n) is 5.75. The Morgan fingerprint density at radius 3 is 2.18 bits per heavy atom. The smallest absolute Gasteiger partial charge is 0.336 e. The molecule has 28 heavy (non-hydrogen) atoms. The Hall–Kier alpha value is -2.45. The Morgan fingerprint density at radius 1 is 1.00 bits per heavy atom. The normalized spacial score (nSPS) is 11.0. The average molecular weight is 422 g/mol. The summed E-state index contributed by atoms with van der Waals surface area (Å²) in [5, 5.41) is 17.9. The first-order valence-corrected chi connectivity index (χ1v) is 8.92. The van der Waals surface area contributed by atoms with Crippen LogP contribution in [0.1, 0.15) is 17.4 Å². The van der Waals surface area contributed by atoms with E-state index in [1.807, 2.05) is 24.3 Å². The van der Waals surface area contributed by atoms with E-state index in [2.05, 4.69) is 15.2 Å². The third-order valence-electron chi connectivity index (χ3n) is 3.90. The zero-order chi connectivity index (χ0) is 20.1. The van der Waals surface area contributed by atoms with Crippen LogP contribution in [0.4, 0.5) is 0 Å². The van der Waals surface area contributed by atoms with E-state index in [4.69, 9.17) is 37.4 Å². The predicted octanol–water partition coefficient (Wildman–Crippen LogP) is 4.42. The highest BCUT2D eigenvalue weighted by Crippen LogP contribution is 2.35. The number of hydrogen-bond donors (Lipinski definition) is 1. The standard InChI is InChI=1S/C19H17Cl2N3O4/c1-26-18(27-2)12-5-3-11(4-6-12)10-28-19-22-9-16(23-24-19)13-7-14(20)17(25)15(21)8-13/h3-9,18,25H,10H2,1-2H3. The zero-order valence-electron chi connectivity index (χ0n) is 15.1. The molecule has 1 aromatic heterocycles. The van der Waals surface area contributed by atoms with Crippen LogP contribution < -0.4 is 4.74 Å². The number of phenolic OH excluding ortho intramolecular Hbond substituents is 1. The topological polar surface area (TPSA) is 86.6 Å². The first-order valence-electron chi connectivity index (χ1n) is 8.17. The summed E-state index contributed by atoms with van der Waals surface area (Å²) in [5.41, 5.74) is 2.87. The Morgan fingerprint density at radius 2 is 1.64 bits per heavy atom. The van der Waals surface area contributed by atoms with Gasteiger partial charge in [0.2, 0.25) is 0 Å². The molecule has 1 heterocycles. The van der Waals surface area contributed by atoms with Crippen LogP contribution in [-0.4, -0.2) is 34.5 Å². The number of aromatic hydroxyl groups is 1. The van der Waals surface area contributed by atoms with Crippen molar-refractivity contribution in [1.82, 2.24) is 15.2 Å². The second kappa shape index (κ2) is 9.16. The van der Waals surface area contributed by atoms with Crippen molar-refractivity contribution in [1.29, 1.82) is 0 Å². The van der Waals surface area contributed by atoms with Gasteiger partial charge in [-0.3, -0.25) is 0 Å². The summed E-state index contributed by atoms with van der Waals surface area (Å²) in [4.78, 5) is 4.14. The number of aromatic nitrogens is 3. The van der Waals surface area contributed by atoms with E-state index in [0.717, 1.165) is 11.1 Å². The van der Waals surface area contributed by atoms with Crippen LogP contribution in [-0.2, 0) is 16.1 Å². The number of nitrogens with zero attached hydrogens (tertiary/aromatic N) is 3. The Labute approximate surface area is 171 Å². The molecule has 0 aliphatic heterocycles. The van der Waals surface area contributed by atoms with E-state index in [1.165, 1.54) is 18.3 Å². The number of halogens is 2. The maximum atomic E-state index is 9.63. The minimum atomic E-state index is -0.406. The third-order valence-corrected chi connectivity index (χ3v) is 4.48. The molecule has 0 amide bonds. The van der Waals surface area contributed by atoms with Crippen LogP contribution >= 0.6 is 23.2 Å². The quantitative estimate of drug-likeness (QED) is 0.564. The van der Waals surface area contributed by atoms with E-state index in [9.17, 15) is 5.11 Å². The van der Waals surface area contributed by atoms with E-state index < -0.39 is 6.29 Å². The van der Waals surface area contributed by atoms with Crippen LogP contribution in [0, 0.1) is 0 Å². The van der Waals surface area contributed by atoms with Gasteiger partial charge in [-0.25, -0.2) is 4.98 Å². The number of ether oxygens (including phenoxy) is 3. The van der Waals surface area contributed by atoms with Crippen LogP contribution in [0.25, 0.3) is 11.3 Å². The maximum absolute atomic E-state index is 9.63. The molecule has 9 heteroatoms. The van der Waals surface area contributed by atoms with E-state index in [0.29, 0.717) is 11.3 Å². The lowest BCUT2D eigenvalue weighted by molar-refractivity contribution is -0.106. The summed E-state index contributed by atoms with van der Waals surface area (Å²) in [6.45, 7) is 0.281. The summed E-state index contributed by atoms with van der Waals surface area (Å²) in [5.74, 6) is -0.179. The van der Waals surface area contributed by atoms with Crippen LogP contribution in [0.15, 0.2) is 42.6 Å². The lowest BCUT2D eigenvalue weighted by atomic mass is 10.1. The van der Waals surface area contributed by atoms with Crippen molar-refractivity contribution in [3.05, 3.63) is 63.8 Å². The number of hydrogen-bond acceptors (Lipinski definition) is 7. The highest BCUT2D eigenvalue weighted by atomic mass is 35.5. The van der Waals surface area contributed by atoms with Gasteiger partial charge in [0, 0.05) is 25.3 Å². The molecule has 3 rings (SSSR count). The van der Waals surface area contributed by atoms with Gasteiger partial charge in [-0.2, -0.15) is 0 Å². The summed E-state index contributed by atoms with van der Waals surface area (Å²) >= 11 is 11.8. The number of benzene rings is 2. The van der Waals surface area contributed by atoms with Gasteiger partial charge in [-0.15, -0.1) is 5.10 Å². The van der Waals surface area contributed by atoms with Gasteiger partial charge in [0.15, 0.2) is 12.0 Å². The number of methoxy groups -OCH3 is 2. The van der Waals surface area contributed by atoms with E-state index in [1.54, 1.807) is 14.2 Å². The molecular formula is C19H17Cl2N3O4. The van der Waals surface area contributed by atoms with E-state index in [-0.39, 0.29) is 28.4 Å². The Bertz CT molecular complexity index is 910. The van der Waals surface area contributed by atoms with Gasteiger partial charge < -0.3 is 19.3 Å². The molecule has 0 radical (unpaired) electrons. The average Bonchev–Trinajstić information content (AvgIpc) is 2.72. The molecule has 2 aromatic carbocycles. The van der Waals surface area contributed by atoms with Crippen molar-refractivity contribution in [3.63, 3.8) is 0 Å². The van der Waals surface area contributed by atoms with Gasteiger partial charge in [0.25, 0.3) is 0 Å². The number of phenols is 1. The Kier molecular flexibility index (Phi) is 6.64. The van der Waals surface area contributed by atoms with Gasteiger partial charge in [0.05, 0.1) is 16.2 Å². The number of rotatable bonds is 7. The molecule has 0 aliphatic rings. The zero-order valence-corrected chi connectivity index (χ0v) is 16.6. The molecule has 7 nitrogen and oxygen atoms in total. The molecule has 3 aromatic rings. The van der Waals surface area contributed by atoms with Crippen molar-refractivity contribution >= 4 is 23.2 Å². The highest BCUT2D eigenvalue weighted by Gasteiger charge is 2.11. The van der Waals surface area contributed by atoms with Crippen molar-refractivity contribution < 1.29 is 19.3 Å². The molecule has 0 unspecified atom stereocenters. The van der Waals surface area contributed by atoms with Crippen LogP contribution in [0.2, 0.25) is 10.0 Å².